The largest absolute Gasteiger partial charge is 0.354 e. The van der Waals surface area contributed by atoms with Gasteiger partial charge in [-0.2, -0.15) is 0 Å². The zero-order valence-corrected chi connectivity index (χ0v) is 15.2. The molecule has 0 saturated carbocycles. The number of benzene rings is 2. The van der Waals surface area contributed by atoms with Crippen LogP contribution in [0.15, 0.2) is 54.6 Å². The van der Waals surface area contributed by atoms with Crippen LogP contribution in [0.5, 0.6) is 0 Å². The van der Waals surface area contributed by atoms with E-state index in [-0.39, 0.29) is 11.3 Å². The van der Waals surface area contributed by atoms with E-state index in [4.69, 9.17) is 0 Å². The van der Waals surface area contributed by atoms with E-state index < -0.39 is 0 Å². The molecule has 2 aromatic rings. The number of nitrogens with zero attached hydrogens (tertiary/aromatic N) is 1. The Morgan fingerprint density at radius 2 is 1.67 bits per heavy atom. The lowest BCUT2D eigenvalue weighted by Gasteiger charge is -2.26. The zero-order valence-electron chi connectivity index (χ0n) is 15.2. The molecule has 0 aromatic heterocycles. The second-order valence-corrected chi connectivity index (χ2v) is 7.18. The molecule has 0 spiro atoms. The van der Waals surface area contributed by atoms with Gasteiger partial charge in [0.1, 0.15) is 0 Å². The van der Waals surface area contributed by atoms with Crippen molar-refractivity contribution in [2.24, 2.45) is 0 Å². The number of nitrogens with one attached hydrogen (secondary N) is 1. The fourth-order valence-corrected chi connectivity index (χ4v) is 2.67. The lowest BCUT2D eigenvalue weighted by molar-refractivity contribution is -0.122. The molecule has 3 nitrogen and oxygen atoms in total. The Kier molecular flexibility index (Phi) is 6.16. The Hall–Kier alpha value is -2.13. The zero-order chi connectivity index (χ0) is 17.6. The molecular weight excluding hydrogens is 296 g/mol. The number of likely N-dealkylation sites (N-methyl/N-ethyl adjacent to an activating group) is 1. The third-order valence-corrected chi connectivity index (χ3v) is 4.27. The topological polar surface area (TPSA) is 32.3 Å². The molecule has 0 aliphatic rings. The maximum absolute atomic E-state index is 12.2. The molecule has 1 N–H and O–H groups in total. The fourth-order valence-electron chi connectivity index (χ4n) is 2.67. The minimum absolute atomic E-state index is 0.0635. The lowest BCUT2D eigenvalue weighted by atomic mass is 9.84. The van der Waals surface area contributed by atoms with E-state index in [1.807, 2.05) is 30.1 Å². The van der Waals surface area contributed by atoms with Crippen molar-refractivity contribution in [2.75, 3.05) is 20.1 Å². The van der Waals surface area contributed by atoms with Crippen LogP contribution >= 0.6 is 0 Å². The van der Waals surface area contributed by atoms with E-state index in [9.17, 15) is 4.79 Å². The number of rotatable bonds is 7. The van der Waals surface area contributed by atoms with Gasteiger partial charge in [-0.3, -0.25) is 9.69 Å². The SMILES string of the molecule is Cc1ccc(CN(C)CC(=O)NCC(C)(C)c2ccccc2)cc1. The molecule has 0 bridgehead atoms. The summed E-state index contributed by atoms with van der Waals surface area (Å²) < 4.78 is 0. The standard InChI is InChI=1S/C21H28N2O/c1-17-10-12-18(13-11-17)14-23(4)15-20(24)22-16-21(2,3)19-8-6-5-7-9-19/h5-13H,14-16H2,1-4H3,(H,22,24). The van der Waals surface area contributed by atoms with Gasteiger partial charge < -0.3 is 5.32 Å². The molecule has 0 saturated heterocycles. The van der Waals surface area contributed by atoms with Crippen molar-refractivity contribution in [1.29, 1.82) is 0 Å². The molecule has 0 fully saturated rings. The predicted octanol–water partition coefficient (Wildman–Crippen LogP) is 3.52. The number of carbonyl (C=O) groups excluding carboxylic acids is 1. The van der Waals surface area contributed by atoms with Gasteiger partial charge >= 0.3 is 0 Å². The highest BCUT2D eigenvalue weighted by molar-refractivity contribution is 5.78. The van der Waals surface area contributed by atoms with Gasteiger partial charge in [-0.25, -0.2) is 0 Å². The summed E-state index contributed by atoms with van der Waals surface area (Å²) in [5.41, 5.74) is 3.63. The Morgan fingerprint density at radius 3 is 2.29 bits per heavy atom. The van der Waals surface area contributed by atoms with Crippen LogP contribution in [0, 0.1) is 6.92 Å². The van der Waals surface area contributed by atoms with Crippen LogP contribution in [0.25, 0.3) is 0 Å². The molecule has 3 heteroatoms. The summed E-state index contributed by atoms with van der Waals surface area (Å²) in [4.78, 5) is 14.3. The van der Waals surface area contributed by atoms with E-state index in [2.05, 4.69) is 62.5 Å². The molecule has 0 atom stereocenters. The lowest BCUT2D eigenvalue weighted by Crippen LogP contribution is -2.41. The quantitative estimate of drug-likeness (QED) is 0.845. The summed E-state index contributed by atoms with van der Waals surface area (Å²) in [6.07, 6.45) is 0. The first-order valence-electron chi connectivity index (χ1n) is 8.43. The molecule has 24 heavy (non-hydrogen) atoms. The van der Waals surface area contributed by atoms with Gasteiger partial charge in [-0.05, 0) is 25.1 Å². The van der Waals surface area contributed by atoms with E-state index >= 15 is 0 Å². The second kappa shape index (κ2) is 8.11. The van der Waals surface area contributed by atoms with Gasteiger partial charge in [0.05, 0.1) is 6.54 Å². The average Bonchev–Trinajstić information content (AvgIpc) is 2.56. The summed E-state index contributed by atoms with van der Waals surface area (Å²) >= 11 is 0. The molecule has 0 radical (unpaired) electrons. The van der Waals surface area contributed by atoms with Crippen LogP contribution in [-0.2, 0) is 16.8 Å². The highest BCUT2D eigenvalue weighted by Crippen LogP contribution is 2.21. The van der Waals surface area contributed by atoms with Crippen LogP contribution < -0.4 is 5.32 Å². The van der Waals surface area contributed by atoms with Gasteiger partial charge in [0.15, 0.2) is 0 Å². The molecule has 0 unspecified atom stereocenters. The first kappa shape index (κ1) is 18.2. The molecule has 2 aromatic carbocycles. The van der Waals surface area contributed by atoms with Crippen molar-refractivity contribution in [3.8, 4) is 0 Å². The maximum Gasteiger partial charge on any atom is 0.234 e. The van der Waals surface area contributed by atoms with Crippen LogP contribution in [0.2, 0.25) is 0 Å². The summed E-state index contributed by atoms with van der Waals surface area (Å²) in [6.45, 7) is 8.19. The maximum atomic E-state index is 12.2. The van der Waals surface area contributed by atoms with Crippen molar-refractivity contribution in [3.05, 3.63) is 71.3 Å². The van der Waals surface area contributed by atoms with Gasteiger partial charge in [0.2, 0.25) is 5.91 Å². The van der Waals surface area contributed by atoms with E-state index in [0.29, 0.717) is 13.1 Å². The second-order valence-electron chi connectivity index (χ2n) is 7.18. The first-order valence-corrected chi connectivity index (χ1v) is 8.43. The normalized spacial score (nSPS) is 11.5. The Morgan fingerprint density at radius 1 is 1.04 bits per heavy atom. The van der Waals surface area contributed by atoms with Gasteiger partial charge in [0, 0.05) is 18.5 Å². The van der Waals surface area contributed by atoms with Crippen LogP contribution in [0.1, 0.15) is 30.5 Å². The molecular formula is C21H28N2O. The number of aryl methyl sites for hydroxylation is 1. The van der Waals surface area contributed by atoms with Crippen molar-refractivity contribution in [2.45, 2.75) is 32.7 Å². The number of amides is 1. The van der Waals surface area contributed by atoms with Gasteiger partial charge in [-0.15, -0.1) is 0 Å². The Balaban J connectivity index is 1.81. The van der Waals surface area contributed by atoms with E-state index in [1.54, 1.807) is 0 Å². The van der Waals surface area contributed by atoms with Gasteiger partial charge in [-0.1, -0.05) is 74.0 Å². The Labute approximate surface area is 145 Å². The van der Waals surface area contributed by atoms with Crippen molar-refractivity contribution in [1.82, 2.24) is 10.2 Å². The average molecular weight is 324 g/mol. The number of carbonyl (C=O) groups is 1. The van der Waals surface area contributed by atoms with Crippen molar-refractivity contribution >= 4 is 5.91 Å². The third-order valence-electron chi connectivity index (χ3n) is 4.27. The highest BCUT2D eigenvalue weighted by atomic mass is 16.2. The van der Waals surface area contributed by atoms with Crippen molar-refractivity contribution in [3.63, 3.8) is 0 Å². The number of hydrogen-bond donors (Lipinski definition) is 1. The smallest absolute Gasteiger partial charge is 0.234 e. The molecule has 2 rings (SSSR count). The summed E-state index contributed by atoms with van der Waals surface area (Å²) in [7, 11) is 1.97. The minimum atomic E-state index is -0.0769. The predicted molar refractivity (Wildman–Crippen MR) is 100.0 cm³/mol. The number of hydrogen-bond acceptors (Lipinski definition) is 2. The minimum Gasteiger partial charge on any atom is -0.354 e. The monoisotopic (exact) mass is 324 g/mol. The highest BCUT2D eigenvalue weighted by Gasteiger charge is 2.21. The Bertz CT molecular complexity index is 647. The third kappa shape index (κ3) is 5.50. The summed E-state index contributed by atoms with van der Waals surface area (Å²) in [6, 6.07) is 18.7. The molecule has 0 heterocycles. The summed E-state index contributed by atoms with van der Waals surface area (Å²) in [5, 5.41) is 3.07. The first-order chi connectivity index (χ1) is 11.4. The molecule has 0 aliphatic heterocycles. The molecule has 128 valence electrons. The molecule has 1 amide bonds. The van der Waals surface area contributed by atoms with Crippen LogP contribution in [0.4, 0.5) is 0 Å². The van der Waals surface area contributed by atoms with E-state index in [0.717, 1.165) is 6.54 Å². The van der Waals surface area contributed by atoms with Crippen LogP contribution in [0.3, 0.4) is 0 Å². The summed E-state index contributed by atoms with van der Waals surface area (Å²) in [5.74, 6) is 0.0635. The molecule has 0 aliphatic carbocycles. The fraction of sp³-hybridized carbons (Fsp3) is 0.381. The van der Waals surface area contributed by atoms with Gasteiger partial charge in [0.25, 0.3) is 0 Å². The van der Waals surface area contributed by atoms with Crippen LogP contribution in [-0.4, -0.2) is 30.9 Å². The van der Waals surface area contributed by atoms with E-state index in [1.165, 1.54) is 16.7 Å². The van der Waals surface area contributed by atoms with Crippen molar-refractivity contribution < 1.29 is 4.79 Å².